The summed E-state index contributed by atoms with van der Waals surface area (Å²) in [6.45, 7) is 2.32. The van der Waals surface area contributed by atoms with Crippen molar-refractivity contribution in [2.24, 2.45) is 17.3 Å². The molecule has 2 fully saturated rings. The third kappa shape index (κ3) is 1.92. The van der Waals surface area contributed by atoms with Gasteiger partial charge in [-0.25, -0.2) is 0 Å². The molecule has 4 rings (SSSR count). The fraction of sp³-hybridized carbons (Fsp3) is 0.667. The Hall–Kier alpha value is -0.290. The van der Waals surface area contributed by atoms with Crippen molar-refractivity contribution in [3.05, 3.63) is 26.8 Å². The lowest BCUT2D eigenvalue weighted by Gasteiger charge is -2.50. The molecular weight excluding hydrogens is 375 g/mol. The molecule has 2 nitrogen and oxygen atoms in total. The lowest BCUT2D eigenvalue weighted by molar-refractivity contribution is -0.0226. The molecule has 3 heteroatoms. The monoisotopic (exact) mass is 398 g/mol. The first-order chi connectivity index (χ1) is 10.0. The number of fused-ring (bicyclic) bond motifs is 5. The SMILES string of the molecule is C[C@]12CC[C@@H]3c4ccc(O)c(I)c4CC[C@H]3[C@@H]1CC[C@@H]2O. The number of benzene rings is 1. The van der Waals surface area contributed by atoms with Crippen LogP contribution in [0.15, 0.2) is 12.1 Å². The quantitative estimate of drug-likeness (QED) is 0.643. The van der Waals surface area contributed by atoms with E-state index in [-0.39, 0.29) is 11.5 Å². The van der Waals surface area contributed by atoms with E-state index in [4.69, 9.17) is 0 Å². The molecule has 0 aromatic heterocycles. The summed E-state index contributed by atoms with van der Waals surface area (Å²) in [6, 6.07) is 4.04. The van der Waals surface area contributed by atoms with E-state index in [9.17, 15) is 10.2 Å². The molecule has 0 radical (unpaired) electrons. The van der Waals surface area contributed by atoms with Gasteiger partial charge in [-0.05, 0) is 101 Å². The van der Waals surface area contributed by atoms with Gasteiger partial charge in [0.1, 0.15) is 5.75 Å². The molecule has 2 N–H and O–H groups in total. The maximum Gasteiger partial charge on any atom is 0.129 e. The Morgan fingerprint density at radius 1 is 1.19 bits per heavy atom. The van der Waals surface area contributed by atoms with Crippen LogP contribution >= 0.6 is 22.6 Å². The second-order valence-electron chi connectivity index (χ2n) is 7.52. The smallest absolute Gasteiger partial charge is 0.129 e. The fourth-order valence-corrected chi connectivity index (χ4v) is 6.35. The molecule has 0 saturated heterocycles. The molecule has 0 heterocycles. The highest BCUT2D eigenvalue weighted by atomic mass is 127. The van der Waals surface area contributed by atoms with Gasteiger partial charge < -0.3 is 10.2 Å². The summed E-state index contributed by atoms with van der Waals surface area (Å²) >= 11 is 2.30. The third-order valence-electron chi connectivity index (χ3n) is 6.77. The van der Waals surface area contributed by atoms with E-state index in [1.54, 1.807) is 0 Å². The van der Waals surface area contributed by atoms with Crippen LogP contribution in [0.2, 0.25) is 0 Å². The number of hydrogen-bond donors (Lipinski definition) is 2. The van der Waals surface area contributed by atoms with Gasteiger partial charge in [0, 0.05) is 0 Å². The van der Waals surface area contributed by atoms with E-state index >= 15 is 0 Å². The number of halogens is 1. The van der Waals surface area contributed by atoms with Crippen LogP contribution in [0.4, 0.5) is 0 Å². The van der Waals surface area contributed by atoms with Crippen LogP contribution in [0.25, 0.3) is 0 Å². The van der Waals surface area contributed by atoms with Crippen LogP contribution in [-0.2, 0) is 6.42 Å². The maximum absolute atomic E-state index is 10.4. The van der Waals surface area contributed by atoms with Gasteiger partial charge in [0.05, 0.1) is 9.67 Å². The van der Waals surface area contributed by atoms with Gasteiger partial charge in [-0.2, -0.15) is 0 Å². The van der Waals surface area contributed by atoms with Crippen LogP contribution in [-0.4, -0.2) is 16.3 Å². The molecule has 0 amide bonds. The fourth-order valence-electron chi connectivity index (χ4n) is 5.58. The average Bonchev–Trinajstić information content (AvgIpc) is 2.78. The zero-order valence-corrected chi connectivity index (χ0v) is 14.6. The lowest BCUT2D eigenvalue weighted by atomic mass is 9.55. The normalized spacial score (nSPS) is 41.3. The number of aromatic hydroxyl groups is 1. The number of phenols is 1. The molecule has 114 valence electrons. The van der Waals surface area contributed by atoms with Gasteiger partial charge >= 0.3 is 0 Å². The van der Waals surface area contributed by atoms with E-state index in [0.29, 0.717) is 17.6 Å². The third-order valence-corrected chi connectivity index (χ3v) is 7.98. The number of phenolic OH excluding ortho intramolecular Hbond substituents is 1. The highest BCUT2D eigenvalue weighted by Crippen LogP contribution is 2.61. The van der Waals surface area contributed by atoms with Crippen molar-refractivity contribution in [1.29, 1.82) is 0 Å². The van der Waals surface area contributed by atoms with Crippen molar-refractivity contribution in [1.82, 2.24) is 0 Å². The summed E-state index contributed by atoms with van der Waals surface area (Å²) in [5.74, 6) is 2.50. The average molecular weight is 398 g/mol. The molecule has 1 aromatic carbocycles. The minimum Gasteiger partial charge on any atom is -0.507 e. The van der Waals surface area contributed by atoms with Crippen LogP contribution in [0, 0.1) is 20.8 Å². The van der Waals surface area contributed by atoms with Gasteiger partial charge in [-0.1, -0.05) is 13.0 Å². The predicted octanol–water partition coefficient (Wildman–Crippen LogP) is 4.21. The highest BCUT2D eigenvalue weighted by Gasteiger charge is 2.54. The van der Waals surface area contributed by atoms with Crippen molar-refractivity contribution >= 4 is 22.6 Å². The van der Waals surface area contributed by atoms with Gasteiger partial charge in [-0.15, -0.1) is 0 Å². The summed E-state index contributed by atoms with van der Waals surface area (Å²) in [5.41, 5.74) is 3.03. The second kappa shape index (κ2) is 4.85. The van der Waals surface area contributed by atoms with Crippen LogP contribution in [0.1, 0.15) is 56.1 Å². The standard InChI is InChI=1S/C18H23IO2/c1-18-9-8-11-10-4-6-15(20)17(19)13(10)3-2-12(11)14(18)5-7-16(18)21/h4,6,11-12,14,16,20-21H,2-3,5,7-9H2,1H3/t11-,12-,14+,16+,18+/m1/s1. The zero-order valence-electron chi connectivity index (χ0n) is 12.5. The molecule has 1 aromatic rings. The van der Waals surface area contributed by atoms with Crippen LogP contribution in [0.5, 0.6) is 5.75 Å². The van der Waals surface area contributed by atoms with Crippen molar-refractivity contribution in [3.63, 3.8) is 0 Å². The Kier molecular flexibility index (Phi) is 3.31. The predicted molar refractivity (Wildman–Crippen MR) is 91.4 cm³/mol. The molecule has 2 saturated carbocycles. The molecule has 5 atom stereocenters. The number of aliphatic hydroxyl groups excluding tert-OH is 1. The molecule has 0 aliphatic heterocycles. The summed E-state index contributed by atoms with van der Waals surface area (Å²) in [7, 11) is 0. The first-order valence-corrected chi connectivity index (χ1v) is 9.28. The topological polar surface area (TPSA) is 40.5 Å². The van der Waals surface area contributed by atoms with Crippen molar-refractivity contribution in [2.45, 2.75) is 57.5 Å². The Balaban J connectivity index is 1.74. The highest BCUT2D eigenvalue weighted by molar-refractivity contribution is 14.1. The molecule has 21 heavy (non-hydrogen) atoms. The second-order valence-corrected chi connectivity index (χ2v) is 8.60. The molecule has 0 spiro atoms. The Bertz CT molecular complexity index is 585. The van der Waals surface area contributed by atoms with Gasteiger partial charge in [0.25, 0.3) is 0 Å². The Labute approximate surface area is 140 Å². The van der Waals surface area contributed by atoms with E-state index < -0.39 is 0 Å². The summed E-state index contributed by atoms with van der Waals surface area (Å²) < 4.78 is 1.06. The van der Waals surface area contributed by atoms with Crippen LogP contribution < -0.4 is 0 Å². The molecule has 0 unspecified atom stereocenters. The van der Waals surface area contributed by atoms with E-state index in [1.165, 1.54) is 30.4 Å². The molecule has 3 aliphatic rings. The first-order valence-electron chi connectivity index (χ1n) is 8.20. The minimum atomic E-state index is -0.0928. The van der Waals surface area contributed by atoms with E-state index in [2.05, 4.69) is 35.6 Å². The minimum absolute atomic E-state index is 0.0928. The summed E-state index contributed by atoms with van der Waals surface area (Å²) in [6.07, 6.45) is 6.76. The Morgan fingerprint density at radius 2 is 2.00 bits per heavy atom. The Morgan fingerprint density at radius 3 is 2.81 bits per heavy atom. The zero-order chi connectivity index (χ0) is 14.8. The maximum atomic E-state index is 10.4. The largest absolute Gasteiger partial charge is 0.507 e. The summed E-state index contributed by atoms with van der Waals surface area (Å²) in [5, 5.41) is 20.4. The number of hydrogen-bond acceptors (Lipinski definition) is 2. The first kappa shape index (κ1) is 14.3. The van der Waals surface area contributed by atoms with Crippen molar-refractivity contribution < 1.29 is 10.2 Å². The lowest BCUT2D eigenvalue weighted by Crippen LogP contribution is -2.44. The van der Waals surface area contributed by atoms with Crippen molar-refractivity contribution in [2.75, 3.05) is 0 Å². The van der Waals surface area contributed by atoms with Gasteiger partial charge in [-0.3, -0.25) is 0 Å². The number of rotatable bonds is 0. The summed E-state index contributed by atoms with van der Waals surface area (Å²) in [4.78, 5) is 0. The molecule has 0 bridgehead atoms. The van der Waals surface area contributed by atoms with Gasteiger partial charge in [0.2, 0.25) is 0 Å². The van der Waals surface area contributed by atoms with Crippen molar-refractivity contribution in [3.8, 4) is 5.75 Å². The van der Waals surface area contributed by atoms with E-state index in [0.717, 1.165) is 28.8 Å². The number of aliphatic hydroxyl groups is 1. The van der Waals surface area contributed by atoms with E-state index in [1.807, 2.05) is 6.07 Å². The van der Waals surface area contributed by atoms with Gasteiger partial charge in [0.15, 0.2) is 0 Å². The molecule has 3 aliphatic carbocycles. The molecular formula is C18H23IO2. The van der Waals surface area contributed by atoms with Crippen LogP contribution in [0.3, 0.4) is 0 Å².